The van der Waals surface area contributed by atoms with Gasteiger partial charge in [0.2, 0.25) is 0 Å². The van der Waals surface area contributed by atoms with E-state index >= 15 is 0 Å². The summed E-state index contributed by atoms with van der Waals surface area (Å²) in [6.07, 6.45) is -4.39. The van der Waals surface area contributed by atoms with E-state index in [0.29, 0.717) is 16.4 Å². The number of alkyl halides is 3. The van der Waals surface area contributed by atoms with Crippen molar-refractivity contribution in [3.63, 3.8) is 0 Å². The van der Waals surface area contributed by atoms with Crippen LogP contribution in [-0.2, 0) is 12.7 Å². The molecule has 128 valence electrons. The van der Waals surface area contributed by atoms with Crippen molar-refractivity contribution in [3.8, 4) is 0 Å². The van der Waals surface area contributed by atoms with Gasteiger partial charge in [-0.2, -0.15) is 13.2 Å². The smallest absolute Gasteiger partial charge is 0.348 e. The van der Waals surface area contributed by atoms with E-state index in [0.717, 1.165) is 17.0 Å². The Hall–Kier alpha value is -1.95. The summed E-state index contributed by atoms with van der Waals surface area (Å²) in [6, 6.07) is 12.2. The Bertz CT molecular complexity index is 713. The van der Waals surface area contributed by atoms with Crippen LogP contribution in [0.1, 0.15) is 35.3 Å². The third kappa shape index (κ3) is 5.03. The van der Waals surface area contributed by atoms with Gasteiger partial charge < -0.3 is 5.32 Å². The summed E-state index contributed by atoms with van der Waals surface area (Å²) in [5.41, 5.74) is 0.223. The largest absolute Gasteiger partial charge is 0.416 e. The Morgan fingerprint density at radius 1 is 1.12 bits per heavy atom. The number of amides is 1. The van der Waals surface area contributed by atoms with Crippen LogP contribution in [0.4, 0.5) is 13.2 Å². The zero-order valence-corrected chi connectivity index (χ0v) is 14.2. The first-order valence-corrected chi connectivity index (χ1v) is 8.35. The van der Waals surface area contributed by atoms with Crippen molar-refractivity contribution in [2.45, 2.75) is 36.7 Å². The number of nitrogens with one attached hydrogen (secondary N) is 1. The third-order valence-corrected chi connectivity index (χ3v) is 4.28. The van der Waals surface area contributed by atoms with Gasteiger partial charge in [0, 0.05) is 16.7 Å². The van der Waals surface area contributed by atoms with E-state index < -0.39 is 11.7 Å². The molecule has 0 bridgehead atoms. The molecule has 0 aliphatic rings. The first kappa shape index (κ1) is 18.4. The molecule has 2 aromatic carbocycles. The van der Waals surface area contributed by atoms with Crippen molar-refractivity contribution in [2.24, 2.45) is 0 Å². The Kier molecular flexibility index (Phi) is 5.94. The quantitative estimate of drug-likeness (QED) is 0.755. The van der Waals surface area contributed by atoms with Gasteiger partial charge >= 0.3 is 6.18 Å². The highest BCUT2D eigenvalue weighted by Crippen LogP contribution is 2.29. The second kappa shape index (κ2) is 7.75. The second-order valence-corrected chi connectivity index (χ2v) is 7.16. The molecule has 1 amide bonds. The third-order valence-electron chi connectivity index (χ3n) is 3.20. The lowest BCUT2D eigenvalue weighted by Crippen LogP contribution is -2.23. The topological polar surface area (TPSA) is 29.1 Å². The van der Waals surface area contributed by atoms with Crippen LogP contribution in [0.3, 0.4) is 0 Å². The first-order chi connectivity index (χ1) is 11.3. The molecule has 0 heterocycles. The molecular weight excluding hydrogens is 335 g/mol. The van der Waals surface area contributed by atoms with E-state index in [1.807, 2.05) is 26.0 Å². The van der Waals surface area contributed by atoms with Crippen LogP contribution in [0.25, 0.3) is 0 Å². The minimum Gasteiger partial charge on any atom is -0.348 e. The Labute approximate surface area is 143 Å². The number of hydrogen-bond acceptors (Lipinski definition) is 2. The minimum absolute atomic E-state index is 0.0451. The fourth-order valence-electron chi connectivity index (χ4n) is 2.15. The van der Waals surface area contributed by atoms with Crippen LogP contribution in [0.5, 0.6) is 0 Å². The highest BCUT2D eigenvalue weighted by Gasteiger charge is 2.30. The van der Waals surface area contributed by atoms with Crippen LogP contribution >= 0.6 is 11.8 Å². The maximum atomic E-state index is 12.7. The van der Waals surface area contributed by atoms with Gasteiger partial charge in [0.05, 0.1) is 11.1 Å². The number of halogens is 3. The number of carbonyl (C=O) groups is 1. The van der Waals surface area contributed by atoms with E-state index in [9.17, 15) is 18.0 Å². The van der Waals surface area contributed by atoms with E-state index in [4.69, 9.17) is 0 Å². The summed E-state index contributed by atoms with van der Waals surface area (Å²) in [5, 5.41) is 3.01. The maximum Gasteiger partial charge on any atom is 0.416 e. The fourth-order valence-corrected chi connectivity index (χ4v) is 3.10. The summed E-state index contributed by atoms with van der Waals surface area (Å²) < 4.78 is 38.1. The molecular formula is C18H18F3NOS. The monoisotopic (exact) mass is 353 g/mol. The standard InChI is InChI=1S/C18H18F3NOS/c1-12(2)24-16-9-4-3-8-15(16)17(23)22-11-13-6-5-7-14(10-13)18(19,20)21/h3-10,12H,11H2,1-2H3,(H,22,23). The lowest BCUT2D eigenvalue weighted by atomic mass is 10.1. The summed E-state index contributed by atoms with van der Waals surface area (Å²) in [6.45, 7) is 4.10. The van der Waals surface area contributed by atoms with Crippen molar-refractivity contribution in [1.82, 2.24) is 5.32 Å². The molecule has 0 atom stereocenters. The van der Waals surface area contributed by atoms with Crippen molar-refractivity contribution < 1.29 is 18.0 Å². The molecule has 0 aliphatic carbocycles. The Morgan fingerprint density at radius 2 is 1.83 bits per heavy atom. The first-order valence-electron chi connectivity index (χ1n) is 7.47. The predicted molar refractivity (Wildman–Crippen MR) is 90.0 cm³/mol. The number of rotatable bonds is 5. The molecule has 0 spiro atoms. The molecule has 2 nitrogen and oxygen atoms in total. The van der Waals surface area contributed by atoms with E-state index in [1.54, 1.807) is 30.0 Å². The van der Waals surface area contributed by atoms with Gasteiger partial charge in [-0.1, -0.05) is 38.1 Å². The number of carbonyl (C=O) groups excluding carboxylic acids is 1. The maximum absolute atomic E-state index is 12.7. The normalized spacial score (nSPS) is 11.6. The summed E-state index contributed by atoms with van der Waals surface area (Å²) in [7, 11) is 0. The molecule has 0 saturated heterocycles. The Morgan fingerprint density at radius 3 is 2.50 bits per heavy atom. The van der Waals surface area contributed by atoms with Crippen LogP contribution in [0.15, 0.2) is 53.4 Å². The van der Waals surface area contributed by atoms with E-state index in [1.165, 1.54) is 6.07 Å². The fraction of sp³-hybridized carbons (Fsp3) is 0.278. The van der Waals surface area contributed by atoms with Crippen molar-refractivity contribution in [1.29, 1.82) is 0 Å². The van der Waals surface area contributed by atoms with Crippen LogP contribution < -0.4 is 5.32 Å². The SMILES string of the molecule is CC(C)Sc1ccccc1C(=O)NCc1cccc(C(F)(F)F)c1. The van der Waals surface area contributed by atoms with Crippen LogP contribution in [-0.4, -0.2) is 11.2 Å². The molecule has 0 radical (unpaired) electrons. The summed E-state index contributed by atoms with van der Waals surface area (Å²) in [4.78, 5) is 13.2. The molecule has 2 aromatic rings. The highest BCUT2D eigenvalue weighted by atomic mass is 32.2. The second-order valence-electron chi connectivity index (χ2n) is 5.54. The highest BCUT2D eigenvalue weighted by molar-refractivity contribution is 8.00. The average molecular weight is 353 g/mol. The van der Waals surface area contributed by atoms with Gasteiger partial charge in [0.15, 0.2) is 0 Å². The van der Waals surface area contributed by atoms with Crippen molar-refractivity contribution >= 4 is 17.7 Å². The lowest BCUT2D eigenvalue weighted by Gasteiger charge is -2.12. The van der Waals surface area contributed by atoms with Gasteiger partial charge in [-0.3, -0.25) is 4.79 Å². The van der Waals surface area contributed by atoms with Gasteiger partial charge in [0.1, 0.15) is 0 Å². The number of hydrogen-bond donors (Lipinski definition) is 1. The molecule has 24 heavy (non-hydrogen) atoms. The zero-order chi connectivity index (χ0) is 17.7. The zero-order valence-electron chi connectivity index (χ0n) is 13.4. The molecule has 0 unspecified atom stereocenters. The van der Waals surface area contributed by atoms with Gasteiger partial charge in [0.25, 0.3) is 5.91 Å². The van der Waals surface area contributed by atoms with Crippen molar-refractivity contribution in [2.75, 3.05) is 0 Å². The molecule has 0 aromatic heterocycles. The number of benzene rings is 2. The molecule has 2 rings (SSSR count). The van der Waals surface area contributed by atoms with Crippen LogP contribution in [0, 0.1) is 0 Å². The summed E-state index contributed by atoms with van der Waals surface area (Å²) in [5.74, 6) is -0.295. The molecule has 0 fully saturated rings. The van der Waals surface area contributed by atoms with Gasteiger partial charge in [-0.15, -0.1) is 11.8 Å². The Balaban J connectivity index is 2.09. The molecule has 0 aliphatic heterocycles. The molecule has 6 heteroatoms. The molecule has 1 N–H and O–H groups in total. The van der Waals surface area contributed by atoms with Gasteiger partial charge in [-0.25, -0.2) is 0 Å². The molecule has 0 saturated carbocycles. The van der Waals surface area contributed by atoms with E-state index in [-0.39, 0.29) is 12.5 Å². The average Bonchev–Trinajstić information content (AvgIpc) is 2.52. The summed E-state index contributed by atoms with van der Waals surface area (Å²) >= 11 is 1.57. The number of thioether (sulfide) groups is 1. The lowest BCUT2D eigenvalue weighted by molar-refractivity contribution is -0.137. The van der Waals surface area contributed by atoms with E-state index in [2.05, 4.69) is 5.32 Å². The van der Waals surface area contributed by atoms with Gasteiger partial charge in [-0.05, 0) is 29.8 Å². The minimum atomic E-state index is -4.39. The van der Waals surface area contributed by atoms with Crippen LogP contribution in [0.2, 0.25) is 0 Å². The van der Waals surface area contributed by atoms with Crippen molar-refractivity contribution in [3.05, 3.63) is 65.2 Å². The predicted octanol–water partition coefficient (Wildman–Crippen LogP) is 5.14.